The van der Waals surface area contributed by atoms with Crippen LogP contribution in [0.25, 0.3) is 0 Å². The number of hydrogen-bond acceptors (Lipinski definition) is 1. The predicted molar refractivity (Wildman–Crippen MR) is 85.7 cm³/mol. The maximum atomic E-state index is 5.95. The van der Waals surface area contributed by atoms with Crippen molar-refractivity contribution in [2.24, 2.45) is 5.41 Å². The van der Waals surface area contributed by atoms with Gasteiger partial charge in [0, 0.05) is 17.1 Å². The molecule has 0 saturated heterocycles. The van der Waals surface area contributed by atoms with E-state index in [1.54, 1.807) is 0 Å². The highest BCUT2D eigenvalue weighted by molar-refractivity contribution is 6.30. The second-order valence-electron chi connectivity index (χ2n) is 7.53. The van der Waals surface area contributed by atoms with Crippen molar-refractivity contribution in [2.75, 3.05) is 6.54 Å². The first-order valence-corrected chi connectivity index (χ1v) is 7.45. The summed E-state index contributed by atoms with van der Waals surface area (Å²) in [6.07, 6.45) is 1.21. The quantitative estimate of drug-likeness (QED) is 0.716. The lowest BCUT2D eigenvalue weighted by Gasteiger charge is -2.37. The molecule has 0 aliphatic rings. The van der Waals surface area contributed by atoms with Crippen LogP contribution in [0.4, 0.5) is 0 Å². The van der Waals surface area contributed by atoms with E-state index in [1.807, 2.05) is 12.1 Å². The SMILES string of the molecule is CC(C)(C)CCN(Cc1ccc(Cl)cc1)C(C)(C)C. The number of halogens is 1. The predicted octanol–water partition coefficient (Wildman–Crippen LogP) is 5.38. The lowest BCUT2D eigenvalue weighted by atomic mass is 9.91. The first-order valence-electron chi connectivity index (χ1n) is 7.07. The summed E-state index contributed by atoms with van der Waals surface area (Å²) < 4.78 is 0. The van der Waals surface area contributed by atoms with Crippen LogP contribution in [0.3, 0.4) is 0 Å². The summed E-state index contributed by atoms with van der Waals surface area (Å²) in [6.45, 7) is 15.9. The Bertz CT molecular complexity index is 381. The van der Waals surface area contributed by atoms with Crippen LogP contribution >= 0.6 is 11.6 Å². The molecule has 1 nitrogen and oxygen atoms in total. The van der Waals surface area contributed by atoms with Crippen LogP contribution in [-0.4, -0.2) is 17.0 Å². The van der Waals surface area contributed by atoms with Gasteiger partial charge < -0.3 is 0 Å². The molecule has 0 unspecified atom stereocenters. The van der Waals surface area contributed by atoms with Gasteiger partial charge in [0.25, 0.3) is 0 Å². The molecule has 0 heterocycles. The molecule has 0 atom stereocenters. The van der Waals surface area contributed by atoms with E-state index in [-0.39, 0.29) is 5.54 Å². The highest BCUT2D eigenvalue weighted by atomic mass is 35.5. The van der Waals surface area contributed by atoms with Gasteiger partial charge in [0.1, 0.15) is 0 Å². The minimum Gasteiger partial charge on any atom is -0.294 e. The fourth-order valence-corrected chi connectivity index (χ4v) is 2.06. The Labute approximate surface area is 124 Å². The summed E-state index contributed by atoms with van der Waals surface area (Å²) >= 11 is 5.95. The number of hydrogen-bond donors (Lipinski definition) is 0. The molecule has 1 aromatic rings. The van der Waals surface area contributed by atoms with E-state index in [0.29, 0.717) is 5.41 Å². The van der Waals surface area contributed by atoms with Crippen LogP contribution < -0.4 is 0 Å². The van der Waals surface area contributed by atoms with Gasteiger partial charge in [-0.3, -0.25) is 4.90 Å². The van der Waals surface area contributed by atoms with E-state index < -0.39 is 0 Å². The summed E-state index contributed by atoms with van der Waals surface area (Å²) in [4.78, 5) is 2.54. The maximum absolute atomic E-state index is 5.95. The highest BCUT2D eigenvalue weighted by Crippen LogP contribution is 2.24. The maximum Gasteiger partial charge on any atom is 0.0406 e. The third kappa shape index (κ3) is 6.44. The van der Waals surface area contributed by atoms with Gasteiger partial charge in [-0.05, 0) is 56.8 Å². The van der Waals surface area contributed by atoms with Crippen LogP contribution in [0.15, 0.2) is 24.3 Å². The smallest absolute Gasteiger partial charge is 0.0406 e. The molecule has 0 aromatic heterocycles. The van der Waals surface area contributed by atoms with E-state index in [0.717, 1.165) is 18.1 Å². The van der Waals surface area contributed by atoms with Gasteiger partial charge in [0.15, 0.2) is 0 Å². The molecular weight excluding hydrogens is 254 g/mol. The molecule has 0 aliphatic heterocycles. The first-order chi connectivity index (χ1) is 8.58. The summed E-state index contributed by atoms with van der Waals surface area (Å²) in [5.41, 5.74) is 1.89. The Hall–Kier alpha value is -0.530. The molecule has 1 rings (SSSR count). The molecule has 1 aromatic carbocycles. The van der Waals surface area contributed by atoms with Gasteiger partial charge in [-0.2, -0.15) is 0 Å². The molecule has 0 spiro atoms. The lowest BCUT2D eigenvalue weighted by molar-refractivity contribution is 0.110. The molecule has 19 heavy (non-hydrogen) atoms. The molecular formula is C17H28ClN. The minimum absolute atomic E-state index is 0.185. The van der Waals surface area contributed by atoms with Crippen LogP contribution in [0.1, 0.15) is 53.5 Å². The molecule has 108 valence electrons. The second-order valence-corrected chi connectivity index (χ2v) is 7.97. The molecule has 0 bridgehead atoms. The molecule has 0 aliphatic carbocycles. The van der Waals surface area contributed by atoms with Gasteiger partial charge in [-0.15, -0.1) is 0 Å². The Morgan fingerprint density at radius 1 is 0.947 bits per heavy atom. The summed E-state index contributed by atoms with van der Waals surface area (Å²) in [5.74, 6) is 0. The molecule has 0 amide bonds. The highest BCUT2D eigenvalue weighted by Gasteiger charge is 2.23. The second kappa shape index (κ2) is 6.28. The molecule has 0 saturated carbocycles. The van der Waals surface area contributed by atoms with E-state index in [2.05, 4.69) is 58.6 Å². The van der Waals surface area contributed by atoms with Crippen molar-refractivity contribution in [1.82, 2.24) is 4.90 Å². The fraction of sp³-hybridized carbons (Fsp3) is 0.647. The van der Waals surface area contributed by atoms with Crippen molar-refractivity contribution in [2.45, 2.75) is 60.0 Å². The van der Waals surface area contributed by atoms with Crippen molar-refractivity contribution in [3.8, 4) is 0 Å². The molecule has 2 heteroatoms. The van der Waals surface area contributed by atoms with Gasteiger partial charge in [0.2, 0.25) is 0 Å². The molecule has 0 fully saturated rings. The largest absolute Gasteiger partial charge is 0.294 e. The number of rotatable bonds is 4. The zero-order chi connectivity index (χ0) is 14.7. The Morgan fingerprint density at radius 3 is 1.89 bits per heavy atom. The standard InChI is InChI=1S/C17H28ClN/c1-16(2,3)11-12-19(17(4,5)6)13-14-7-9-15(18)10-8-14/h7-10H,11-13H2,1-6H3. The summed E-state index contributed by atoms with van der Waals surface area (Å²) in [6, 6.07) is 8.19. The Kier molecular flexibility index (Phi) is 5.46. The van der Waals surface area contributed by atoms with Crippen LogP contribution in [0.2, 0.25) is 5.02 Å². The van der Waals surface area contributed by atoms with Gasteiger partial charge in [-0.25, -0.2) is 0 Å². The number of benzene rings is 1. The van der Waals surface area contributed by atoms with Gasteiger partial charge >= 0.3 is 0 Å². The van der Waals surface area contributed by atoms with Crippen LogP contribution in [-0.2, 0) is 6.54 Å². The van der Waals surface area contributed by atoms with Crippen LogP contribution in [0.5, 0.6) is 0 Å². The fourth-order valence-electron chi connectivity index (χ4n) is 1.93. The summed E-state index contributed by atoms with van der Waals surface area (Å²) in [7, 11) is 0. The monoisotopic (exact) mass is 281 g/mol. The average molecular weight is 282 g/mol. The first kappa shape index (κ1) is 16.5. The van der Waals surface area contributed by atoms with E-state index >= 15 is 0 Å². The van der Waals surface area contributed by atoms with Crippen molar-refractivity contribution < 1.29 is 0 Å². The number of nitrogens with zero attached hydrogens (tertiary/aromatic N) is 1. The van der Waals surface area contributed by atoms with E-state index in [4.69, 9.17) is 11.6 Å². The third-order valence-electron chi connectivity index (χ3n) is 3.37. The van der Waals surface area contributed by atoms with Crippen molar-refractivity contribution >= 4 is 11.6 Å². The normalized spacial score (nSPS) is 13.1. The Balaban J connectivity index is 2.73. The van der Waals surface area contributed by atoms with Gasteiger partial charge in [-0.1, -0.05) is 44.5 Å². The van der Waals surface area contributed by atoms with Crippen molar-refractivity contribution in [3.63, 3.8) is 0 Å². The van der Waals surface area contributed by atoms with Crippen molar-refractivity contribution in [1.29, 1.82) is 0 Å². The lowest BCUT2D eigenvalue weighted by Crippen LogP contribution is -2.42. The zero-order valence-electron chi connectivity index (χ0n) is 13.3. The summed E-state index contributed by atoms with van der Waals surface area (Å²) in [5, 5.41) is 0.806. The molecule has 0 radical (unpaired) electrons. The topological polar surface area (TPSA) is 3.24 Å². The average Bonchev–Trinajstić information content (AvgIpc) is 2.23. The third-order valence-corrected chi connectivity index (χ3v) is 3.62. The zero-order valence-corrected chi connectivity index (χ0v) is 14.0. The van der Waals surface area contributed by atoms with Crippen LogP contribution in [0, 0.1) is 5.41 Å². The van der Waals surface area contributed by atoms with E-state index in [9.17, 15) is 0 Å². The Morgan fingerprint density at radius 2 is 1.47 bits per heavy atom. The molecule has 0 N–H and O–H groups in total. The van der Waals surface area contributed by atoms with E-state index in [1.165, 1.54) is 12.0 Å². The minimum atomic E-state index is 0.185. The van der Waals surface area contributed by atoms with Crippen molar-refractivity contribution in [3.05, 3.63) is 34.9 Å². The van der Waals surface area contributed by atoms with Gasteiger partial charge in [0.05, 0.1) is 0 Å².